The van der Waals surface area contributed by atoms with Crippen molar-refractivity contribution in [3.63, 3.8) is 0 Å². The van der Waals surface area contributed by atoms with Crippen LogP contribution in [0, 0.1) is 5.92 Å². The van der Waals surface area contributed by atoms with Crippen molar-refractivity contribution in [3.05, 3.63) is 18.2 Å². The SMILES string of the molecule is COc1ccc(NC(=O)COC(=O)C2CCCCC2)cc1OC. The molecule has 0 spiro atoms. The molecule has 0 radical (unpaired) electrons. The zero-order valence-corrected chi connectivity index (χ0v) is 13.6. The maximum Gasteiger partial charge on any atom is 0.309 e. The van der Waals surface area contributed by atoms with E-state index in [0.717, 1.165) is 25.7 Å². The Labute approximate surface area is 136 Å². The molecule has 1 saturated carbocycles. The highest BCUT2D eigenvalue weighted by Crippen LogP contribution is 2.29. The lowest BCUT2D eigenvalue weighted by molar-refractivity contribution is -0.152. The number of benzene rings is 1. The zero-order chi connectivity index (χ0) is 16.7. The third-order valence-electron chi connectivity index (χ3n) is 3.95. The largest absolute Gasteiger partial charge is 0.493 e. The van der Waals surface area contributed by atoms with Crippen molar-refractivity contribution in [3.8, 4) is 11.5 Å². The van der Waals surface area contributed by atoms with Gasteiger partial charge in [0.25, 0.3) is 5.91 Å². The standard InChI is InChI=1S/C17H23NO5/c1-21-14-9-8-13(10-15(14)22-2)18-16(19)11-23-17(20)12-6-4-3-5-7-12/h8-10,12H,3-7,11H2,1-2H3,(H,18,19). The summed E-state index contributed by atoms with van der Waals surface area (Å²) in [5.74, 6) is 0.393. The summed E-state index contributed by atoms with van der Waals surface area (Å²) < 4.78 is 15.4. The molecule has 1 aromatic carbocycles. The first-order valence-electron chi connectivity index (χ1n) is 7.82. The Morgan fingerprint density at radius 2 is 1.78 bits per heavy atom. The summed E-state index contributed by atoms with van der Waals surface area (Å²) in [5, 5.41) is 2.67. The fraction of sp³-hybridized carbons (Fsp3) is 0.529. The van der Waals surface area contributed by atoms with Gasteiger partial charge in [0.2, 0.25) is 0 Å². The molecule has 0 saturated heterocycles. The lowest BCUT2D eigenvalue weighted by Gasteiger charge is -2.19. The number of esters is 1. The average molecular weight is 321 g/mol. The number of carbonyl (C=O) groups is 2. The molecule has 0 unspecified atom stereocenters. The molecule has 1 amide bonds. The van der Waals surface area contributed by atoms with Crippen LogP contribution in [-0.4, -0.2) is 32.7 Å². The van der Waals surface area contributed by atoms with Crippen LogP contribution in [0.15, 0.2) is 18.2 Å². The zero-order valence-electron chi connectivity index (χ0n) is 13.6. The summed E-state index contributed by atoms with van der Waals surface area (Å²) in [4.78, 5) is 23.8. The molecule has 1 fully saturated rings. The number of amides is 1. The lowest BCUT2D eigenvalue weighted by atomic mass is 9.89. The number of carbonyl (C=O) groups excluding carboxylic acids is 2. The van der Waals surface area contributed by atoms with Gasteiger partial charge in [0, 0.05) is 11.8 Å². The van der Waals surface area contributed by atoms with Gasteiger partial charge in [-0.3, -0.25) is 9.59 Å². The van der Waals surface area contributed by atoms with E-state index in [1.807, 2.05) is 0 Å². The topological polar surface area (TPSA) is 73.9 Å². The van der Waals surface area contributed by atoms with E-state index in [-0.39, 0.29) is 24.4 Å². The Kier molecular flexibility index (Phi) is 6.26. The van der Waals surface area contributed by atoms with Gasteiger partial charge in [0.15, 0.2) is 18.1 Å². The third kappa shape index (κ3) is 4.87. The molecular formula is C17H23NO5. The number of nitrogens with one attached hydrogen (secondary N) is 1. The Hall–Kier alpha value is -2.24. The molecule has 0 atom stereocenters. The summed E-state index contributed by atoms with van der Waals surface area (Å²) in [6, 6.07) is 5.05. The highest BCUT2D eigenvalue weighted by molar-refractivity contribution is 5.93. The van der Waals surface area contributed by atoms with Gasteiger partial charge >= 0.3 is 5.97 Å². The van der Waals surface area contributed by atoms with Gasteiger partial charge in [-0.2, -0.15) is 0 Å². The Morgan fingerprint density at radius 3 is 2.43 bits per heavy atom. The fourth-order valence-electron chi connectivity index (χ4n) is 2.70. The number of methoxy groups -OCH3 is 2. The van der Waals surface area contributed by atoms with Gasteiger partial charge in [0.05, 0.1) is 20.1 Å². The van der Waals surface area contributed by atoms with E-state index in [4.69, 9.17) is 14.2 Å². The van der Waals surface area contributed by atoms with Crippen LogP contribution in [-0.2, 0) is 14.3 Å². The molecule has 2 rings (SSSR count). The molecule has 6 nitrogen and oxygen atoms in total. The first kappa shape index (κ1) is 17.1. The molecule has 0 heterocycles. The molecule has 23 heavy (non-hydrogen) atoms. The van der Waals surface area contributed by atoms with Crippen LogP contribution in [0.3, 0.4) is 0 Å². The van der Waals surface area contributed by atoms with Crippen molar-refractivity contribution >= 4 is 17.6 Å². The van der Waals surface area contributed by atoms with Crippen molar-refractivity contribution in [2.45, 2.75) is 32.1 Å². The van der Waals surface area contributed by atoms with Gasteiger partial charge in [-0.1, -0.05) is 19.3 Å². The minimum Gasteiger partial charge on any atom is -0.493 e. The summed E-state index contributed by atoms with van der Waals surface area (Å²) in [5.41, 5.74) is 0.557. The first-order chi connectivity index (χ1) is 11.1. The number of hydrogen-bond donors (Lipinski definition) is 1. The van der Waals surface area contributed by atoms with E-state index in [9.17, 15) is 9.59 Å². The quantitative estimate of drug-likeness (QED) is 0.816. The maximum atomic E-state index is 11.9. The van der Waals surface area contributed by atoms with Crippen LogP contribution in [0.4, 0.5) is 5.69 Å². The summed E-state index contributed by atoms with van der Waals surface area (Å²) >= 11 is 0. The van der Waals surface area contributed by atoms with E-state index in [1.54, 1.807) is 25.3 Å². The summed E-state index contributed by atoms with van der Waals surface area (Å²) in [6.45, 7) is -0.274. The molecule has 1 N–H and O–H groups in total. The maximum absolute atomic E-state index is 11.9. The molecular weight excluding hydrogens is 298 g/mol. The molecule has 1 aliphatic rings. The minimum atomic E-state index is -0.374. The molecule has 1 aromatic rings. The second-order valence-corrected chi connectivity index (χ2v) is 5.56. The Morgan fingerprint density at radius 1 is 1.09 bits per heavy atom. The van der Waals surface area contributed by atoms with Crippen LogP contribution in [0.1, 0.15) is 32.1 Å². The van der Waals surface area contributed by atoms with Crippen LogP contribution in [0.5, 0.6) is 11.5 Å². The molecule has 0 aliphatic heterocycles. The second-order valence-electron chi connectivity index (χ2n) is 5.56. The second kappa shape index (κ2) is 8.41. The van der Waals surface area contributed by atoms with E-state index >= 15 is 0 Å². The molecule has 1 aliphatic carbocycles. The van der Waals surface area contributed by atoms with Crippen LogP contribution in [0.2, 0.25) is 0 Å². The van der Waals surface area contributed by atoms with Crippen molar-refractivity contribution < 1.29 is 23.8 Å². The van der Waals surface area contributed by atoms with E-state index in [2.05, 4.69) is 5.32 Å². The van der Waals surface area contributed by atoms with E-state index in [0.29, 0.717) is 17.2 Å². The predicted octanol–water partition coefficient (Wildman–Crippen LogP) is 2.77. The van der Waals surface area contributed by atoms with Gasteiger partial charge < -0.3 is 19.5 Å². The van der Waals surface area contributed by atoms with Crippen LogP contribution in [0.25, 0.3) is 0 Å². The third-order valence-corrected chi connectivity index (χ3v) is 3.95. The average Bonchev–Trinajstić information content (AvgIpc) is 2.60. The predicted molar refractivity (Wildman–Crippen MR) is 85.7 cm³/mol. The number of ether oxygens (including phenoxy) is 3. The van der Waals surface area contributed by atoms with Gasteiger partial charge in [0.1, 0.15) is 0 Å². The highest BCUT2D eigenvalue weighted by atomic mass is 16.5. The highest BCUT2D eigenvalue weighted by Gasteiger charge is 2.23. The smallest absolute Gasteiger partial charge is 0.309 e. The van der Waals surface area contributed by atoms with Gasteiger partial charge in [-0.05, 0) is 25.0 Å². The van der Waals surface area contributed by atoms with Crippen LogP contribution < -0.4 is 14.8 Å². The van der Waals surface area contributed by atoms with E-state index in [1.165, 1.54) is 13.5 Å². The molecule has 126 valence electrons. The fourth-order valence-corrected chi connectivity index (χ4v) is 2.70. The van der Waals surface area contributed by atoms with E-state index < -0.39 is 0 Å². The van der Waals surface area contributed by atoms with Gasteiger partial charge in [-0.25, -0.2) is 0 Å². The first-order valence-corrected chi connectivity index (χ1v) is 7.82. The molecule has 0 bridgehead atoms. The van der Waals surface area contributed by atoms with Crippen molar-refractivity contribution in [2.24, 2.45) is 5.92 Å². The number of hydrogen-bond acceptors (Lipinski definition) is 5. The van der Waals surface area contributed by atoms with Crippen LogP contribution >= 0.6 is 0 Å². The monoisotopic (exact) mass is 321 g/mol. The number of anilines is 1. The van der Waals surface area contributed by atoms with Crippen molar-refractivity contribution in [1.29, 1.82) is 0 Å². The van der Waals surface area contributed by atoms with Crippen molar-refractivity contribution in [1.82, 2.24) is 0 Å². The lowest BCUT2D eigenvalue weighted by Crippen LogP contribution is -2.26. The Balaban J connectivity index is 1.83. The Bertz CT molecular complexity index is 552. The molecule has 6 heteroatoms. The summed E-state index contributed by atoms with van der Waals surface area (Å²) in [7, 11) is 3.07. The minimum absolute atomic E-state index is 0.0577. The van der Waals surface area contributed by atoms with Crippen molar-refractivity contribution in [2.75, 3.05) is 26.1 Å². The van der Waals surface area contributed by atoms with Gasteiger partial charge in [-0.15, -0.1) is 0 Å². The normalized spacial score (nSPS) is 14.9. The molecule has 0 aromatic heterocycles. The number of rotatable bonds is 6. The summed E-state index contributed by atoms with van der Waals surface area (Å²) in [6.07, 6.45) is 4.99.